The average molecular weight is 282 g/mol. The van der Waals surface area contributed by atoms with Crippen molar-refractivity contribution in [3.05, 3.63) is 11.4 Å². The summed E-state index contributed by atoms with van der Waals surface area (Å²) < 4.78 is 4.60. The molecule has 0 saturated heterocycles. The van der Waals surface area contributed by atoms with Crippen LogP contribution in [0.2, 0.25) is 0 Å². The number of aromatic nitrogens is 2. The summed E-state index contributed by atoms with van der Waals surface area (Å²) in [5.41, 5.74) is 7.03. The van der Waals surface area contributed by atoms with Gasteiger partial charge in [0.15, 0.2) is 5.69 Å². The number of amides is 1. The Morgan fingerprint density at radius 2 is 2.10 bits per heavy atom. The first kappa shape index (κ1) is 16.0. The third-order valence-corrected chi connectivity index (χ3v) is 2.88. The largest absolute Gasteiger partial charge is 0.469 e. The van der Waals surface area contributed by atoms with Crippen LogP contribution in [0.4, 0.5) is 5.69 Å². The number of esters is 1. The first-order valence-corrected chi connectivity index (χ1v) is 6.53. The number of nitrogens with one attached hydrogen (secondary N) is 1. The Morgan fingerprint density at radius 3 is 2.55 bits per heavy atom. The molecule has 0 aliphatic heterocycles. The number of anilines is 1. The molecule has 0 radical (unpaired) electrons. The van der Waals surface area contributed by atoms with Crippen molar-refractivity contribution >= 4 is 17.6 Å². The molecule has 1 aromatic heterocycles. The molecule has 7 nitrogen and oxygen atoms in total. The van der Waals surface area contributed by atoms with Crippen molar-refractivity contribution < 1.29 is 14.3 Å². The Morgan fingerprint density at radius 1 is 1.45 bits per heavy atom. The number of H-pyrrole nitrogens is 1. The summed E-state index contributed by atoms with van der Waals surface area (Å²) >= 11 is 0. The Labute approximate surface area is 118 Å². The summed E-state index contributed by atoms with van der Waals surface area (Å²) in [6, 6.07) is 0. The van der Waals surface area contributed by atoms with E-state index >= 15 is 0 Å². The highest BCUT2D eigenvalue weighted by molar-refractivity contribution is 5.97. The molecule has 1 amide bonds. The molecule has 0 unspecified atom stereocenters. The molecule has 112 valence electrons. The topological polar surface area (TPSA) is 101 Å². The predicted molar refractivity (Wildman–Crippen MR) is 75.1 cm³/mol. The van der Waals surface area contributed by atoms with E-state index in [0.717, 1.165) is 0 Å². The molecule has 0 atom stereocenters. The maximum Gasteiger partial charge on any atom is 0.307 e. The first-order chi connectivity index (χ1) is 9.36. The van der Waals surface area contributed by atoms with Gasteiger partial charge in [0.1, 0.15) is 0 Å². The molecule has 1 heterocycles. The van der Waals surface area contributed by atoms with Crippen LogP contribution in [0.3, 0.4) is 0 Å². The average Bonchev–Trinajstić information content (AvgIpc) is 2.73. The second-order valence-electron chi connectivity index (χ2n) is 5.08. The van der Waals surface area contributed by atoms with E-state index in [1.807, 2.05) is 13.8 Å². The predicted octanol–water partition coefficient (Wildman–Crippen LogP) is 0.962. The van der Waals surface area contributed by atoms with Crippen LogP contribution in [-0.2, 0) is 9.53 Å². The lowest BCUT2D eigenvalue weighted by Gasteiger charge is -2.23. The van der Waals surface area contributed by atoms with Crippen LogP contribution in [0.1, 0.15) is 36.5 Å². The van der Waals surface area contributed by atoms with E-state index in [0.29, 0.717) is 17.9 Å². The zero-order valence-electron chi connectivity index (χ0n) is 12.4. The number of ether oxygens (including phenoxy) is 1. The molecule has 0 aliphatic rings. The van der Waals surface area contributed by atoms with E-state index in [9.17, 15) is 9.59 Å². The number of methoxy groups -OCH3 is 1. The van der Waals surface area contributed by atoms with Crippen molar-refractivity contribution in [1.29, 1.82) is 0 Å². The third kappa shape index (κ3) is 3.97. The number of nitrogen functional groups attached to an aromatic ring is 1. The molecule has 7 heteroatoms. The van der Waals surface area contributed by atoms with Crippen LogP contribution in [-0.4, -0.2) is 47.2 Å². The minimum Gasteiger partial charge on any atom is -0.469 e. The highest BCUT2D eigenvalue weighted by Gasteiger charge is 2.23. The van der Waals surface area contributed by atoms with Gasteiger partial charge in [-0.1, -0.05) is 13.8 Å². The van der Waals surface area contributed by atoms with Gasteiger partial charge in [-0.15, -0.1) is 0 Å². The molecule has 1 aromatic rings. The maximum absolute atomic E-state index is 12.4. The van der Waals surface area contributed by atoms with Gasteiger partial charge in [-0.25, -0.2) is 0 Å². The quantitative estimate of drug-likeness (QED) is 0.757. The zero-order valence-corrected chi connectivity index (χ0v) is 12.4. The van der Waals surface area contributed by atoms with Gasteiger partial charge in [0.25, 0.3) is 5.91 Å². The normalized spacial score (nSPS) is 10.7. The van der Waals surface area contributed by atoms with Gasteiger partial charge in [0.05, 0.1) is 24.9 Å². The summed E-state index contributed by atoms with van der Waals surface area (Å²) in [5, 5.41) is 6.62. The lowest BCUT2D eigenvalue weighted by atomic mass is 10.2. The molecule has 0 bridgehead atoms. The standard InChI is InChI=1S/C13H22N4O3/c1-8(2)7-17(6-5-10(18)20-4)13(19)12-11(14)9(3)15-16-12/h8H,5-7,14H2,1-4H3,(H,15,16). The third-order valence-electron chi connectivity index (χ3n) is 2.88. The second kappa shape index (κ2) is 6.93. The van der Waals surface area contributed by atoms with Crippen LogP contribution in [0.25, 0.3) is 0 Å². The van der Waals surface area contributed by atoms with Crippen LogP contribution < -0.4 is 5.73 Å². The number of nitrogens with two attached hydrogens (primary N) is 1. The van der Waals surface area contributed by atoms with Crippen molar-refractivity contribution in [1.82, 2.24) is 15.1 Å². The number of hydrogen-bond acceptors (Lipinski definition) is 5. The van der Waals surface area contributed by atoms with Crippen LogP contribution in [0.5, 0.6) is 0 Å². The highest BCUT2D eigenvalue weighted by Crippen LogP contribution is 2.16. The minimum absolute atomic E-state index is 0.151. The number of aromatic amines is 1. The van der Waals surface area contributed by atoms with Crippen molar-refractivity contribution in [2.45, 2.75) is 27.2 Å². The second-order valence-corrected chi connectivity index (χ2v) is 5.08. The lowest BCUT2D eigenvalue weighted by molar-refractivity contribution is -0.140. The minimum atomic E-state index is -0.349. The number of carbonyl (C=O) groups is 2. The fraction of sp³-hybridized carbons (Fsp3) is 0.615. The highest BCUT2D eigenvalue weighted by atomic mass is 16.5. The zero-order chi connectivity index (χ0) is 15.3. The molecular formula is C13H22N4O3. The van der Waals surface area contributed by atoms with Crippen molar-refractivity contribution in [3.63, 3.8) is 0 Å². The number of nitrogens with zero attached hydrogens (tertiary/aromatic N) is 2. The summed E-state index contributed by atoms with van der Waals surface area (Å²) in [7, 11) is 1.33. The van der Waals surface area contributed by atoms with Crippen molar-refractivity contribution in [2.24, 2.45) is 5.92 Å². The van der Waals surface area contributed by atoms with Gasteiger partial charge in [0, 0.05) is 13.1 Å². The van der Waals surface area contributed by atoms with E-state index in [1.165, 1.54) is 7.11 Å². The smallest absolute Gasteiger partial charge is 0.307 e. The number of aryl methyl sites for hydroxylation is 1. The van der Waals surface area contributed by atoms with Crippen LogP contribution >= 0.6 is 0 Å². The van der Waals surface area contributed by atoms with Crippen molar-refractivity contribution in [3.8, 4) is 0 Å². The Hall–Kier alpha value is -2.05. The number of carbonyl (C=O) groups excluding carboxylic acids is 2. The Balaban J connectivity index is 2.84. The summed E-state index contributed by atoms with van der Waals surface area (Å²) in [6.45, 7) is 6.56. The molecule has 0 aliphatic carbocycles. The molecule has 0 saturated carbocycles. The van der Waals surface area contributed by atoms with Crippen LogP contribution in [0, 0.1) is 12.8 Å². The fourth-order valence-electron chi connectivity index (χ4n) is 1.80. The lowest BCUT2D eigenvalue weighted by Crippen LogP contribution is -2.36. The molecule has 3 N–H and O–H groups in total. The van der Waals surface area contributed by atoms with Gasteiger partial charge in [-0.2, -0.15) is 5.10 Å². The molecule has 20 heavy (non-hydrogen) atoms. The first-order valence-electron chi connectivity index (χ1n) is 6.53. The van der Waals surface area contributed by atoms with E-state index in [-0.39, 0.29) is 36.5 Å². The summed E-state index contributed by atoms with van der Waals surface area (Å²) in [5.74, 6) is -0.347. The molecule has 0 spiro atoms. The summed E-state index contributed by atoms with van der Waals surface area (Å²) in [6.07, 6.45) is 0.151. The van der Waals surface area contributed by atoms with Crippen LogP contribution in [0.15, 0.2) is 0 Å². The van der Waals surface area contributed by atoms with E-state index in [4.69, 9.17) is 5.73 Å². The maximum atomic E-state index is 12.4. The van der Waals surface area contributed by atoms with E-state index < -0.39 is 0 Å². The molecule has 1 rings (SSSR count). The molecular weight excluding hydrogens is 260 g/mol. The van der Waals surface area contributed by atoms with E-state index in [1.54, 1.807) is 11.8 Å². The van der Waals surface area contributed by atoms with Crippen molar-refractivity contribution in [2.75, 3.05) is 25.9 Å². The molecule has 0 fully saturated rings. The van der Waals surface area contributed by atoms with Gasteiger partial charge < -0.3 is 15.4 Å². The number of hydrogen-bond donors (Lipinski definition) is 2. The monoisotopic (exact) mass is 282 g/mol. The van der Waals surface area contributed by atoms with Gasteiger partial charge in [-0.3, -0.25) is 14.7 Å². The van der Waals surface area contributed by atoms with Gasteiger partial charge in [0.2, 0.25) is 0 Å². The van der Waals surface area contributed by atoms with Gasteiger partial charge >= 0.3 is 5.97 Å². The fourth-order valence-corrected chi connectivity index (χ4v) is 1.80. The Bertz CT molecular complexity index is 482. The SMILES string of the molecule is COC(=O)CCN(CC(C)C)C(=O)c1n[nH]c(C)c1N. The molecule has 0 aromatic carbocycles. The summed E-state index contributed by atoms with van der Waals surface area (Å²) in [4.78, 5) is 25.2. The number of rotatable bonds is 6. The Kier molecular flexibility index (Phi) is 5.54. The van der Waals surface area contributed by atoms with Gasteiger partial charge in [-0.05, 0) is 12.8 Å². The van der Waals surface area contributed by atoms with E-state index in [2.05, 4.69) is 14.9 Å².